The van der Waals surface area contributed by atoms with E-state index in [1.54, 1.807) is 0 Å². The molecular weight excluding hydrogens is 589 g/mol. The molecule has 240 valence electrons. The number of benzene rings is 6. The van der Waals surface area contributed by atoms with E-state index in [1.807, 2.05) is 0 Å². The van der Waals surface area contributed by atoms with Gasteiger partial charge in [-0.15, -0.1) is 0 Å². The fourth-order valence-electron chi connectivity index (χ4n) is 5.88. The second-order valence-electron chi connectivity index (χ2n) is 12.2. The maximum absolute atomic E-state index is 3.63. The lowest BCUT2D eigenvalue weighted by Crippen LogP contribution is -2.07. The smallest absolute Gasteiger partial charge is 0.0578 e. The highest BCUT2D eigenvalue weighted by atomic mass is 15.0. The van der Waals surface area contributed by atoms with Gasteiger partial charge in [-0.3, -0.25) is 0 Å². The Morgan fingerprint density at radius 2 is 0.354 bits per heavy atom. The average molecular weight is 631 g/mol. The quantitative estimate of drug-likeness (QED) is 0.100. The summed E-state index contributed by atoms with van der Waals surface area (Å²) in [5, 5.41) is 21.8. The SMILES string of the molecule is c1ccc2c(c1)NCc1ccc(cc1)CNc1ccccc1NCc1ccc(cc1)CNc1ccccc1NCc1ccc(cc1)CN2. The van der Waals surface area contributed by atoms with Gasteiger partial charge in [-0.2, -0.15) is 0 Å². The Bertz CT molecular complexity index is 1550. The molecule has 6 heteroatoms. The molecule has 6 aromatic carbocycles. The first-order valence-corrected chi connectivity index (χ1v) is 16.7. The number of nitrogens with one attached hydrogen (secondary N) is 6. The van der Waals surface area contributed by atoms with Gasteiger partial charge in [0.15, 0.2) is 0 Å². The van der Waals surface area contributed by atoms with E-state index >= 15 is 0 Å². The van der Waals surface area contributed by atoms with Gasteiger partial charge in [-0.1, -0.05) is 109 Å². The summed E-state index contributed by atoms with van der Waals surface area (Å²) in [5.74, 6) is 0. The molecular formula is C42H42N6. The molecule has 0 saturated carbocycles. The van der Waals surface area contributed by atoms with Gasteiger partial charge in [0.25, 0.3) is 0 Å². The lowest BCUT2D eigenvalue weighted by atomic mass is 10.1. The first-order valence-electron chi connectivity index (χ1n) is 16.7. The van der Waals surface area contributed by atoms with Crippen LogP contribution in [0, 0.1) is 0 Å². The van der Waals surface area contributed by atoms with Crippen molar-refractivity contribution < 1.29 is 0 Å². The van der Waals surface area contributed by atoms with Gasteiger partial charge in [0.1, 0.15) is 0 Å². The molecule has 6 bridgehead atoms. The molecule has 0 amide bonds. The zero-order valence-corrected chi connectivity index (χ0v) is 27.1. The lowest BCUT2D eigenvalue weighted by Gasteiger charge is -2.16. The molecule has 0 radical (unpaired) electrons. The van der Waals surface area contributed by atoms with Crippen LogP contribution >= 0.6 is 0 Å². The molecule has 0 unspecified atom stereocenters. The van der Waals surface area contributed by atoms with Gasteiger partial charge in [0, 0.05) is 39.3 Å². The topological polar surface area (TPSA) is 72.2 Å². The summed E-state index contributed by atoms with van der Waals surface area (Å²) >= 11 is 0. The second-order valence-corrected chi connectivity index (χ2v) is 12.2. The van der Waals surface area contributed by atoms with Crippen LogP contribution in [0.15, 0.2) is 146 Å². The van der Waals surface area contributed by atoms with Crippen LogP contribution in [0.2, 0.25) is 0 Å². The molecule has 6 N–H and O–H groups in total. The molecule has 6 aromatic rings. The summed E-state index contributed by atoms with van der Waals surface area (Å²) in [6.45, 7) is 4.50. The first-order chi connectivity index (χ1) is 23.7. The van der Waals surface area contributed by atoms with Crippen LogP contribution in [0.4, 0.5) is 34.1 Å². The lowest BCUT2D eigenvalue weighted by molar-refractivity contribution is 1.09. The standard InChI is InChI=1S/C42H42N6/c1-2-8-38-37(7-1)43-25-31-13-15-33(16-14-31)27-45-39-9-3-4-10-40(39)47-29-35-21-23-36(24-22-35)30-48-42-12-6-5-11-41(42)46-28-34-19-17-32(18-20-34)26-44-38/h1-24,43-48H,25-30H2. The van der Waals surface area contributed by atoms with Gasteiger partial charge >= 0.3 is 0 Å². The summed E-state index contributed by atoms with van der Waals surface area (Å²) in [6.07, 6.45) is 0. The third kappa shape index (κ3) is 8.09. The highest BCUT2D eigenvalue weighted by Gasteiger charge is 2.07. The molecule has 0 aromatic heterocycles. The number of anilines is 6. The Balaban J connectivity index is 1.10. The molecule has 4 aliphatic rings. The maximum atomic E-state index is 3.63. The monoisotopic (exact) mass is 630 g/mol. The Labute approximate surface area is 283 Å². The van der Waals surface area contributed by atoms with E-state index in [1.165, 1.54) is 33.4 Å². The van der Waals surface area contributed by atoms with Gasteiger partial charge in [0.2, 0.25) is 0 Å². The number of para-hydroxylation sites is 6. The van der Waals surface area contributed by atoms with E-state index in [4.69, 9.17) is 0 Å². The zero-order valence-electron chi connectivity index (χ0n) is 27.1. The Morgan fingerprint density at radius 3 is 0.500 bits per heavy atom. The minimum absolute atomic E-state index is 0.750. The van der Waals surface area contributed by atoms with E-state index in [0.29, 0.717) is 0 Å². The van der Waals surface area contributed by atoms with E-state index in [-0.39, 0.29) is 0 Å². The summed E-state index contributed by atoms with van der Waals surface area (Å²) in [6, 6.07) is 51.7. The number of fused-ring (bicyclic) bond motifs is 3. The van der Waals surface area contributed by atoms with Crippen LogP contribution in [0.5, 0.6) is 0 Å². The van der Waals surface area contributed by atoms with Crippen molar-refractivity contribution in [3.05, 3.63) is 179 Å². The summed E-state index contributed by atoms with van der Waals surface area (Å²) in [5.41, 5.74) is 14.0. The van der Waals surface area contributed by atoms with Gasteiger partial charge < -0.3 is 31.9 Å². The molecule has 0 saturated heterocycles. The molecule has 10 rings (SSSR count). The van der Waals surface area contributed by atoms with Crippen LogP contribution in [0.1, 0.15) is 33.4 Å². The third-order valence-electron chi connectivity index (χ3n) is 8.75. The van der Waals surface area contributed by atoms with E-state index in [2.05, 4.69) is 177 Å². The predicted molar refractivity (Wildman–Crippen MR) is 203 cm³/mol. The van der Waals surface area contributed by atoms with Crippen molar-refractivity contribution in [3.8, 4) is 0 Å². The Kier molecular flexibility index (Phi) is 9.70. The summed E-state index contributed by atoms with van der Waals surface area (Å²) in [7, 11) is 0. The van der Waals surface area contributed by atoms with Crippen LogP contribution < -0.4 is 31.9 Å². The van der Waals surface area contributed by atoms with Gasteiger partial charge in [0.05, 0.1) is 34.1 Å². The largest absolute Gasteiger partial charge is 0.379 e. The van der Waals surface area contributed by atoms with Crippen molar-refractivity contribution >= 4 is 34.1 Å². The van der Waals surface area contributed by atoms with E-state index in [9.17, 15) is 0 Å². The molecule has 0 aliphatic carbocycles. The Hall–Kier alpha value is -5.88. The van der Waals surface area contributed by atoms with Crippen molar-refractivity contribution in [2.75, 3.05) is 31.9 Å². The molecule has 4 heterocycles. The van der Waals surface area contributed by atoms with Gasteiger partial charge in [-0.25, -0.2) is 0 Å². The van der Waals surface area contributed by atoms with Crippen molar-refractivity contribution in [2.45, 2.75) is 39.3 Å². The number of rotatable bonds is 0. The van der Waals surface area contributed by atoms with Crippen LogP contribution in [0.3, 0.4) is 0 Å². The van der Waals surface area contributed by atoms with E-state index in [0.717, 1.165) is 73.4 Å². The summed E-state index contributed by atoms with van der Waals surface area (Å²) in [4.78, 5) is 0. The number of hydrogen-bond donors (Lipinski definition) is 6. The highest BCUT2D eigenvalue weighted by Crippen LogP contribution is 2.26. The minimum Gasteiger partial charge on any atom is -0.379 e. The molecule has 6 nitrogen and oxygen atoms in total. The second kappa shape index (κ2) is 15.1. The minimum atomic E-state index is 0.750. The zero-order chi connectivity index (χ0) is 32.4. The fourth-order valence-corrected chi connectivity index (χ4v) is 5.88. The van der Waals surface area contributed by atoms with E-state index < -0.39 is 0 Å². The normalized spacial score (nSPS) is 13.5. The van der Waals surface area contributed by atoms with Gasteiger partial charge in [-0.05, 0) is 69.8 Å². The van der Waals surface area contributed by atoms with Crippen LogP contribution in [-0.2, 0) is 39.3 Å². The van der Waals surface area contributed by atoms with Crippen LogP contribution in [-0.4, -0.2) is 0 Å². The number of hydrogen-bond acceptors (Lipinski definition) is 6. The third-order valence-corrected chi connectivity index (χ3v) is 8.75. The predicted octanol–water partition coefficient (Wildman–Crippen LogP) is 9.67. The van der Waals surface area contributed by atoms with Crippen LogP contribution in [0.25, 0.3) is 0 Å². The van der Waals surface area contributed by atoms with Crippen molar-refractivity contribution in [1.82, 2.24) is 0 Å². The molecule has 0 spiro atoms. The van der Waals surface area contributed by atoms with Crippen molar-refractivity contribution in [1.29, 1.82) is 0 Å². The molecule has 48 heavy (non-hydrogen) atoms. The highest BCUT2D eigenvalue weighted by molar-refractivity contribution is 5.70. The van der Waals surface area contributed by atoms with Crippen molar-refractivity contribution in [2.24, 2.45) is 0 Å². The average Bonchev–Trinajstić information content (AvgIpc) is 3.15. The first kappa shape index (κ1) is 30.8. The fraction of sp³-hybridized carbons (Fsp3) is 0.143. The molecule has 0 atom stereocenters. The summed E-state index contributed by atoms with van der Waals surface area (Å²) < 4.78 is 0. The molecule has 4 aliphatic heterocycles. The van der Waals surface area contributed by atoms with Crippen molar-refractivity contribution in [3.63, 3.8) is 0 Å². The molecule has 0 fully saturated rings. The Morgan fingerprint density at radius 1 is 0.208 bits per heavy atom. The maximum Gasteiger partial charge on any atom is 0.0578 e.